The molecule has 0 radical (unpaired) electrons. The maximum Gasteiger partial charge on any atom is 0.253 e. The van der Waals surface area contributed by atoms with Gasteiger partial charge in [0.05, 0.1) is 16.3 Å². The molecule has 0 aromatic heterocycles. The van der Waals surface area contributed by atoms with E-state index in [-0.39, 0.29) is 5.91 Å². The van der Waals surface area contributed by atoms with Crippen LogP contribution in [0, 0.1) is 0 Å². The van der Waals surface area contributed by atoms with Crippen molar-refractivity contribution in [2.24, 2.45) is 0 Å². The lowest BCUT2D eigenvalue weighted by atomic mass is 10.1. The van der Waals surface area contributed by atoms with Crippen molar-refractivity contribution in [1.82, 2.24) is 5.32 Å². The molecule has 1 aromatic carbocycles. The van der Waals surface area contributed by atoms with Gasteiger partial charge in [-0.15, -0.1) is 0 Å². The monoisotopic (exact) mass is 338 g/mol. The highest BCUT2D eigenvalue weighted by Gasteiger charge is 2.10. The molecule has 0 bridgehead atoms. The van der Waals surface area contributed by atoms with Crippen LogP contribution in [0.15, 0.2) is 18.2 Å². The minimum Gasteiger partial charge on any atom is -0.397 e. The highest BCUT2D eigenvalue weighted by molar-refractivity contribution is 6.33. The molecule has 0 heterocycles. The normalized spacial score (nSPS) is 10.7. The molecule has 23 heavy (non-hydrogen) atoms. The molecular formula is C19H31ClN2O. The lowest BCUT2D eigenvalue weighted by Gasteiger charge is -2.08. The molecular weight excluding hydrogens is 308 g/mol. The molecule has 130 valence electrons. The lowest BCUT2D eigenvalue weighted by molar-refractivity contribution is 0.0954. The highest BCUT2D eigenvalue weighted by atomic mass is 35.5. The number of nitrogens with two attached hydrogens (primary N) is 1. The Morgan fingerprint density at radius 1 is 1.00 bits per heavy atom. The van der Waals surface area contributed by atoms with Crippen molar-refractivity contribution < 1.29 is 4.79 Å². The van der Waals surface area contributed by atoms with Crippen molar-refractivity contribution in [1.29, 1.82) is 0 Å². The number of benzene rings is 1. The van der Waals surface area contributed by atoms with Gasteiger partial charge in [0.1, 0.15) is 0 Å². The van der Waals surface area contributed by atoms with E-state index in [1.54, 1.807) is 18.2 Å². The molecule has 4 heteroatoms. The van der Waals surface area contributed by atoms with Crippen molar-refractivity contribution in [2.75, 3.05) is 12.3 Å². The number of nitrogens with one attached hydrogen (secondary N) is 1. The first kappa shape index (κ1) is 19.8. The molecule has 0 saturated carbocycles. The molecule has 0 spiro atoms. The van der Waals surface area contributed by atoms with E-state index in [2.05, 4.69) is 12.2 Å². The number of anilines is 1. The van der Waals surface area contributed by atoms with Crippen LogP contribution >= 0.6 is 11.6 Å². The van der Waals surface area contributed by atoms with Gasteiger partial charge in [0.15, 0.2) is 0 Å². The topological polar surface area (TPSA) is 55.1 Å². The van der Waals surface area contributed by atoms with Crippen molar-refractivity contribution in [2.45, 2.75) is 71.1 Å². The summed E-state index contributed by atoms with van der Waals surface area (Å²) in [6.45, 7) is 2.95. The average Bonchev–Trinajstić information content (AvgIpc) is 2.55. The van der Waals surface area contributed by atoms with Gasteiger partial charge >= 0.3 is 0 Å². The summed E-state index contributed by atoms with van der Waals surface area (Å²) in [5.74, 6) is -0.138. The summed E-state index contributed by atoms with van der Waals surface area (Å²) in [5.41, 5.74) is 6.64. The highest BCUT2D eigenvalue weighted by Crippen LogP contribution is 2.22. The number of rotatable bonds is 12. The fourth-order valence-electron chi connectivity index (χ4n) is 2.64. The minimum absolute atomic E-state index is 0.138. The number of nitrogen functional groups attached to an aromatic ring is 1. The quantitative estimate of drug-likeness (QED) is 0.386. The van der Waals surface area contributed by atoms with E-state index in [4.69, 9.17) is 17.3 Å². The summed E-state index contributed by atoms with van der Waals surface area (Å²) in [7, 11) is 0. The zero-order chi connectivity index (χ0) is 16.9. The van der Waals surface area contributed by atoms with E-state index in [0.717, 1.165) is 6.42 Å². The average molecular weight is 339 g/mol. The van der Waals surface area contributed by atoms with E-state index >= 15 is 0 Å². The largest absolute Gasteiger partial charge is 0.397 e. The van der Waals surface area contributed by atoms with Gasteiger partial charge in [0.2, 0.25) is 0 Å². The molecule has 0 fully saturated rings. The number of unbranched alkanes of at least 4 members (excludes halogenated alkanes) is 9. The Morgan fingerprint density at radius 3 is 2.17 bits per heavy atom. The van der Waals surface area contributed by atoms with Gasteiger partial charge in [0, 0.05) is 6.54 Å². The van der Waals surface area contributed by atoms with Gasteiger partial charge in [-0.25, -0.2) is 0 Å². The standard InChI is InChI=1S/C19H31ClN2O/c1-2-3-4-5-6-7-8-9-10-11-15-22-19(23)16-13-12-14-17(20)18(16)21/h12-14H,2-11,15,21H2,1H3,(H,22,23). The Labute approximate surface area is 146 Å². The van der Waals surface area contributed by atoms with Crippen LogP contribution in [0.25, 0.3) is 0 Å². The first-order valence-corrected chi connectivity index (χ1v) is 9.36. The second-order valence-corrected chi connectivity index (χ2v) is 6.55. The third kappa shape index (κ3) is 8.26. The van der Waals surface area contributed by atoms with Crippen molar-refractivity contribution in [3.63, 3.8) is 0 Å². The Hall–Kier alpha value is -1.22. The predicted octanol–water partition coefficient (Wildman–Crippen LogP) is 5.57. The number of hydrogen-bond acceptors (Lipinski definition) is 2. The van der Waals surface area contributed by atoms with Crippen LogP contribution in [0.2, 0.25) is 5.02 Å². The zero-order valence-electron chi connectivity index (χ0n) is 14.4. The minimum atomic E-state index is -0.138. The Kier molecular flexibility index (Phi) is 10.5. The number of hydrogen-bond donors (Lipinski definition) is 2. The van der Waals surface area contributed by atoms with Crippen LogP contribution in [-0.4, -0.2) is 12.5 Å². The first-order valence-electron chi connectivity index (χ1n) is 8.99. The van der Waals surface area contributed by atoms with Gasteiger partial charge in [-0.2, -0.15) is 0 Å². The lowest BCUT2D eigenvalue weighted by Crippen LogP contribution is -2.25. The molecule has 0 saturated heterocycles. The van der Waals surface area contributed by atoms with Crippen LogP contribution in [-0.2, 0) is 0 Å². The molecule has 0 aliphatic carbocycles. The number of halogens is 1. The Bertz CT molecular complexity index is 463. The summed E-state index contributed by atoms with van der Waals surface area (Å²) >= 11 is 5.93. The molecule has 0 aliphatic rings. The fourth-order valence-corrected chi connectivity index (χ4v) is 2.82. The summed E-state index contributed by atoms with van der Waals surface area (Å²) < 4.78 is 0. The van der Waals surface area contributed by atoms with Crippen molar-refractivity contribution >= 4 is 23.2 Å². The van der Waals surface area contributed by atoms with Crippen molar-refractivity contribution in [3.8, 4) is 0 Å². The van der Waals surface area contributed by atoms with Crippen LogP contribution in [0.1, 0.15) is 81.5 Å². The van der Waals surface area contributed by atoms with Crippen LogP contribution < -0.4 is 11.1 Å². The summed E-state index contributed by atoms with van der Waals surface area (Å²) in [4.78, 5) is 12.0. The van der Waals surface area contributed by atoms with E-state index in [1.807, 2.05) is 0 Å². The smallest absolute Gasteiger partial charge is 0.253 e. The van der Waals surface area contributed by atoms with Crippen LogP contribution in [0.5, 0.6) is 0 Å². The van der Waals surface area contributed by atoms with Gasteiger partial charge in [-0.3, -0.25) is 4.79 Å². The number of carbonyl (C=O) groups is 1. The number of amides is 1. The molecule has 0 unspecified atom stereocenters. The Morgan fingerprint density at radius 2 is 1.57 bits per heavy atom. The van der Waals surface area contributed by atoms with Gasteiger partial charge in [-0.05, 0) is 18.6 Å². The molecule has 1 rings (SSSR count). The summed E-state index contributed by atoms with van der Waals surface area (Å²) in [6.07, 6.45) is 12.9. The van der Waals surface area contributed by atoms with Gasteiger partial charge in [0.25, 0.3) is 5.91 Å². The molecule has 3 nitrogen and oxygen atoms in total. The van der Waals surface area contributed by atoms with E-state index in [9.17, 15) is 4.79 Å². The SMILES string of the molecule is CCCCCCCCCCCCNC(=O)c1cccc(Cl)c1N. The zero-order valence-corrected chi connectivity index (χ0v) is 15.1. The molecule has 0 atom stereocenters. The maximum absolute atomic E-state index is 12.0. The fraction of sp³-hybridized carbons (Fsp3) is 0.632. The molecule has 0 aliphatic heterocycles. The van der Waals surface area contributed by atoms with E-state index in [1.165, 1.54) is 57.8 Å². The number of carbonyl (C=O) groups excluding carboxylic acids is 1. The molecule has 3 N–H and O–H groups in total. The molecule has 1 aromatic rings. The Balaban J connectivity index is 2.03. The van der Waals surface area contributed by atoms with Crippen molar-refractivity contribution in [3.05, 3.63) is 28.8 Å². The summed E-state index contributed by atoms with van der Waals surface area (Å²) in [5, 5.41) is 3.34. The van der Waals surface area contributed by atoms with Crippen LogP contribution in [0.4, 0.5) is 5.69 Å². The third-order valence-electron chi connectivity index (χ3n) is 4.11. The number of para-hydroxylation sites is 1. The van der Waals surface area contributed by atoms with E-state index < -0.39 is 0 Å². The van der Waals surface area contributed by atoms with Gasteiger partial charge in [-0.1, -0.05) is 82.4 Å². The third-order valence-corrected chi connectivity index (χ3v) is 4.44. The second kappa shape index (κ2) is 12.2. The maximum atomic E-state index is 12.0. The van der Waals surface area contributed by atoms with Crippen LogP contribution in [0.3, 0.4) is 0 Å². The van der Waals surface area contributed by atoms with E-state index in [0.29, 0.717) is 22.8 Å². The predicted molar refractivity (Wildman–Crippen MR) is 100 cm³/mol. The summed E-state index contributed by atoms with van der Waals surface area (Å²) in [6, 6.07) is 5.14. The first-order chi connectivity index (χ1) is 11.2. The van der Waals surface area contributed by atoms with Gasteiger partial charge < -0.3 is 11.1 Å². The second-order valence-electron chi connectivity index (χ2n) is 6.14. The molecule has 1 amide bonds.